The minimum Gasteiger partial charge on any atom is -0.392 e. The molecule has 0 aliphatic rings. The molecule has 1 aromatic rings. The average molecular weight is 251 g/mol. The van der Waals surface area contributed by atoms with Crippen molar-refractivity contribution in [2.75, 3.05) is 25.5 Å². The van der Waals surface area contributed by atoms with Gasteiger partial charge in [-0.15, -0.1) is 0 Å². The first kappa shape index (κ1) is 14.4. The fraction of sp³-hybridized carbons (Fsp3) is 0.538. The number of likely N-dealkylation sites (N-methyl/N-ethyl adjacent to an activating group) is 1. The van der Waals surface area contributed by atoms with E-state index in [-0.39, 0.29) is 5.91 Å². The summed E-state index contributed by atoms with van der Waals surface area (Å²) in [4.78, 5) is 17.6. The molecule has 0 spiro atoms. The normalized spacial score (nSPS) is 12.0. The van der Waals surface area contributed by atoms with Gasteiger partial charge in [0.15, 0.2) is 0 Å². The van der Waals surface area contributed by atoms with Gasteiger partial charge in [-0.2, -0.15) is 0 Å². The highest BCUT2D eigenvalue weighted by molar-refractivity contribution is 5.93. The number of hydrogen-bond acceptors (Lipinski definition) is 4. The van der Waals surface area contributed by atoms with Gasteiger partial charge >= 0.3 is 0 Å². The van der Waals surface area contributed by atoms with Crippen LogP contribution in [0.4, 0.5) is 5.82 Å². The van der Waals surface area contributed by atoms with Crippen LogP contribution in [0.5, 0.6) is 0 Å². The molecule has 2 N–H and O–H groups in total. The molecule has 100 valence electrons. The second-order valence-electron chi connectivity index (χ2n) is 4.39. The zero-order chi connectivity index (χ0) is 13.5. The fourth-order valence-corrected chi connectivity index (χ4v) is 1.58. The first-order valence-corrected chi connectivity index (χ1v) is 6.18. The van der Waals surface area contributed by atoms with E-state index in [1.54, 1.807) is 32.3 Å². The van der Waals surface area contributed by atoms with Crippen molar-refractivity contribution in [3.63, 3.8) is 0 Å². The maximum absolute atomic E-state index is 12.0. The van der Waals surface area contributed by atoms with E-state index in [1.807, 2.05) is 0 Å². The third-order valence-electron chi connectivity index (χ3n) is 2.45. The minimum absolute atomic E-state index is 0.134. The number of nitrogens with zero attached hydrogens (tertiary/aromatic N) is 2. The molecule has 1 unspecified atom stereocenters. The minimum atomic E-state index is -0.530. The van der Waals surface area contributed by atoms with E-state index in [2.05, 4.69) is 17.2 Å². The highest BCUT2D eigenvalue weighted by Gasteiger charge is 2.13. The summed E-state index contributed by atoms with van der Waals surface area (Å²) in [5.74, 6) is 0.636. The first-order chi connectivity index (χ1) is 8.54. The number of carbonyl (C=O) groups is 1. The molecule has 0 aliphatic carbocycles. The van der Waals surface area contributed by atoms with Crippen molar-refractivity contribution in [3.8, 4) is 0 Å². The second kappa shape index (κ2) is 6.96. The van der Waals surface area contributed by atoms with Crippen LogP contribution in [0.2, 0.25) is 0 Å². The lowest BCUT2D eigenvalue weighted by molar-refractivity contribution is 0.0703. The summed E-state index contributed by atoms with van der Waals surface area (Å²) in [6.07, 6.45) is 2.05. The number of anilines is 1. The molecule has 0 radical (unpaired) electrons. The van der Waals surface area contributed by atoms with Crippen LogP contribution in [0.25, 0.3) is 0 Å². The maximum Gasteiger partial charge on any atom is 0.255 e. The molecule has 1 atom stereocenters. The molecule has 0 aliphatic heterocycles. The molecular weight excluding hydrogens is 230 g/mol. The monoisotopic (exact) mass is 251 g/mol. The van der Waals surface area contributed by atoms with Gasteiger partial charge in [-0.1, -0.05) is 6.92 Å². The van der Waals surface area contributed by atoms with Crippen molar-refractivity contribution in [1.29, 1.82) is 0 Å². The number of nitrogens with one attached hydrogen (secondary N) is 1. The Labute approximate surface area is 108 Å². The lowest BCUT2D eigenvalue weighted by Gasteiger charge is -2.18. The summed E-state index contributed by atoms with van der Waals surface area (Å²) in [5.41, 5.74) is 0.528. The smallest absolute Gasteiger partial charge is 0.255 e. The molecule has 5 nitrogen and oxygen atoms in total. The summed E-state index contributed by atoms with van der Waals surface area (Å²) in [7, 11) is 1.66. The molecule has 0 saturated heterocycles. The lowest BCUT2D eigenvalue weighted by atomic mass is 10.2. The quantitative estimate of drug-likeness (QED) is 0.801. The summed E-state index contributed by atoms with van der Waals surface area (Å²) >= 11 is 0. The van der Waals surface area contributed by atoms with Gasteiger partial charge < -0.3 is 15.3 Å². The van der Waals surface area contributed by atoms with Gasteiger partial charge in [0.25, 0.3) is 5.91 Å². The van der Waals surface area contributed by atoms with Crippen LogP contribution >= 0.6 is 0 Å². The zero-order valence-corrected chi connectivity index (χ0v) is 11.2. The average Bonchev–Trinajstić information content (AvgIpc) is 2.35. The Kier molecular flexibility index (Phi) is 5.58. The van der Waals surface area contributed by atoms with E-state index in [0.29, 0.717) is 12.1 Å². The van der Waals surface area contributed by atoms with Gasteiger partial charge in [0.05, 0.1) is 11.7 Å². The summed E-state index contributed by atoms with van der Waals surface area (Å²) < 4.78 is 0. The Hall–Kier alpha value is -1.62. The zero-order valence-electron chi connectivity index (χ0n) is 11.2. The molecule has 1 heterocycles. The third-order valence-corrected chi connectivity index (χ3v) is 2.45. The predicted octanol–water partition coefficient (Wildman–Crippen LogP) is 1.36. The number of hydrogen-bond donors (Lipinski definition) is 2. The summed E-state index contributed by atoms with van der Waals surface area (Å²) in [6.45, 7) is 4.91. The van der Waals surface area contributed by atoms with Gasteiger partial charge in [-0.05, 0) is 25.5 Å². The number of aliphatic hydroxyl groups is 1. The van der Waals surface area contributed by atoms with Gasteiger partial charge in [0.2, 0.25) is 0 Å². The second-order valence-corrected chi connectivity index (χ2v) is 4.39. The number of amides is 1. The van der Waals surface area contributed by atoms with E-state index in [4.69, 9.17) is 0 Å². The Morgan fingerprint density at radius 3 is 2.78 bits per heavy atom. The van der Waals surface area contributed by atoms with Gasteiger partial charge in [0.1, 0.15) is 5.82 Å². The number of pyridine rings is 1. The van der Waals surface area contributed by atoms with E-state index < -0.39 is 6.10 Å². The van der Waals surface area contributed by atoms with Crippen LogP contribution in [0, 0.1) is 0 Å². The molecular formula is C13H21N3O2. The first-order valence-electron chi connectivity index (χ1n) is 6.18. The Bertz CT molecular complexity index is 376. The Balaban J connectivity index is 2.63. The van der Waals surface area contributed by atoms with E-state index >= 15 is 0 Å². The van der Waals surface area contributed by atoms with Crippen LogP contribution < -0.4 is 5.32 Å². The molecule has 1 aromatic heterocycles. The molecule has 1 amide bonds. The summed E-state index contributed by atoms with van der Waals surface area (Å²) in [6, 6.07) is 3.53. The van der Waals surface area contributed by atoms with E-state index in [1.165, 1.54) is 4.90 Å². The SMILES string of the molecule is CCCNc1ccc(C(=O)N(C)CC(C)O)cn1. The third kappa shape index (κ3) is 4.33. The van der Waals surface area contributed by atoms with Crippen molar-refractivity contribution >= 4 is 11.7 Å². The van der Waals surface area contributed by atoms with Crippen LogP contribution in [0.1, 0.15) is 30.6 Å². The molecule has 5 heteroatoms. The van der Waals surface area contributed by atoms with Crippen molar-refractivity contribution in [2.24, 2.45) is 0 Å². The van der Waals surface area contributed by atoms with Gasteiger partial charge in [0, 0.05) is 26.3 Å². The molecule has 0 aromatic carbocycles. The Morgan fingerprint density at radius 1 is 1.56 bits per heavy atom. The van der Waals surface area contributed by atoms with Crippen LogP contribution in [0.15, 0.2) is 18.3 Å². The standard InChI is InChI=1S/C13H21N3O2/c1-4-7-14-12-6-5-11(8-15-12)13(18)16(3)9-10(2)17/h5-6,8,10,17H,4,7,9H2,1-3H3,(H,14,15). The van der Waals surface area contributed by atoms with Crippen molar-refractivity contribution < 1.29 is 9.90 Å². The maximum atomic E-state index is 12.0. The number of aromatic nitrogens is 1. The van der Waals surface area contributed by atoms with Gasteiger partial charge in [-0.25, -0.2) is 4.98 Å². The molecule has 0 bridgehead atoms. The predicted molar refractivity (Wildman–Crippen MR) is 71.7 cm³/mol. The highest BCUT2D eigenvalue weighted by atomic mass is 16.3. The number of aliphatic hydroxyl groups excluding tert-OH is 1. The molecule has 1 rings (SSSR count). The van der Waals surface area contributed by atoms with Crippen LogP contribution in [-0.4, -0.2) is 47.1 Å². The van der Waals surface area contributed by atoms with Crippen LogP contribution in [0.3, 0.4) is 0 Å². The van der Waals surface area contributed by atoms with E-state index in [0.717, 1.165) is 18.8 Å². The fourth-order valence-electron chi connectivity index (χ4n) is 1.58. The highest BCUT2D eigenvalue weighted by Crippen LogP contribution is 2.07. The molecule has 0 saturated carbocycles. The van der Waals surface area contributed by atoms with Crippen molar-refractivity contribution in [1.82, 2.24) is 9.88 Å². The topological polar surface area (TPSA) is 65.5 Å². The Morgan fingerprint density at radius 2 is 2.28 bits per heavy atom. The summed E-state index contributed by atoms with van der Waals surface area (Å²) in [5, 5.41) is 12.4. The molecule has 0 fully saturated rings. The number of rotatable bonds is 6. The van der Waals surface area contributed by atoms with Gasteiger partial charge in [-0.3, -0.25) is 4.79 Å². The van der Waals surface area contributed by atoms with Crippen molar-refractivity contribution in [2.45, 2.75) is 26.4 Å². The molecule has 18 heavy (non-hydrogen) atoms. The lowest BCUT2D eigenvalue weighted by Crippen LogP contribution is -2.33. The van der Waals surface area contributed by atoms with Crippen molar-refractivity contribution in [3.05, 3.63) is 23.9 Å². The number of carbonyl (C=O) groups excluding carboxylic acids is 1. The van der Waals surface area contributed by atoms with Crippen LogP contribution in [-0.2, 0) is 0 Å². The van der Waals surface area contributed by atoms with E-state index in [9.17, 15) is 9.90 Å². The largest absolute Gasteiger partial charge is 0.392 e.